The molecule has 1 aromatic rings. The fraction of sp³-hybridized carbons (Fsp3) is 0.538. The summed E-state index contributed by atoms with van der Waals surface area (Å²) >= 11 is 0. The highest BCUT2D eigenvalue weighted by Gasteiger charge is 2.31. The number of hydrogen-bond acceptors (Lipinski definition) is 3. The van der Waals surface area contributed by atoms with Gasteiger partial charge in [0.1, 0.15) is 0 Å². The molecule has 2 atom stereocenters. The second-order valence-electron chi connectivity index (χ2n) is 5.01. The zero-order chi connectivity index (χ0) is 12.5. The van der Waals surface area contributed by atoms with Crippen LogP contribution >= 0.6 is 0 Å². The standard InChI is InChI=1S/C13H19NO2S/c1-10-4-2-6-12(8-10)17(15,16)13-7-3-5-11(14)9-13/h3,5,7,9-10,12H,2,4,6,8,14H2,1H3. The third-order valence-corrected chi connectivity index (χ3v) is 5.73. The monoisotopic (exact) mass is 253 g/mol. The van der Waals surface area contributed by atoms with Gasteiger partial charge in [-0.15, -0.1) is 0 Å². The molecule has 0 spiro atoms. The van der Waals surface area contributed by atoms with E-state index in [0.29, 0.717) is 16.5 Å². The summed E-state index contributed by atoms with van der Waals surface area (Å²) in [6.45, 7) is 2.13. The minimum absolute atomic E-state index is 0.229. The minimum atomic E-state index is -3.20. The molecule has 94 valence electrons. The van der Waals surface area contributed by atoms with E-state index in [1.165, 1.54) is 0 Å². The minimum Gasteiger partial charge on any atom is -0.399 e. The van der Waals surface area contributed by atoms with Gasteiger partial charge in [-0.3, -0.25) is 0 Å². The lowest BCUT2D eigenvalue weighted by Gasteiger charge is -2.26. The van der Waals surface area contributed by atoms with Crippen LogP contribution in [0.5, 0.6) is 0 Å². The van der Waals surface area contributed by atoms with Gasteiger partial charge in [-0.1, -0.05) is 25.8 Å². The molecular formula is C13H19NO2S. The Hall–Kier alpha value is -1.03. The van der Waals surface area contributed by atoms with Gasteiger partial charge in [0, 0.05) is 5.69 Å². The number of anilines is 1. The SMILES string of the molecule is CC1CCCC(S(=O)(=O)c2cccc(N)c2)C1. The molecule has 2 rings (SSSR count). The van der Waals surface area contributed by atoms with Crippen molar-refractivity contribution >= 4 is 15.5 Å². The van der Waals surface area contributed by atoms with Crippen molar-refractivity contribution in [3.63, 3.8) is 0 Å². The molecule has 2 unspecified atom stereocenters. The van der Waals surface area contributed by atoms with Crippen molar-refractivity contribution in [2.24, 2.45) is 5.92 Å². The van der Waals surface area contributed by atoms with Crippen LogP contribution in [0.3, 0.4) is 0 Å². The van der Waals surface area contributed by atoms with Crippen LogP contribution in [0.25, 0.3) is 0 Å². The van der Waals surface area contributed by atoms with Crippen LogP contribution in [0.2, 0.25) is 0 Å². The van der Waals surface area contributed by atoms with Crippen molar-refractivity contribution < 1.29 is 8.42 Å². The topological polar surface area (TPSA) is 60.2 Å². The molecule has 0 saturated heterocycles. The predicted octanol–water partition coefficient (Wildman–Crippen LogP) is 2.62. The molecule has 1 aliphatic carbocycles. The van der Waals surface area contributed by atoms with Crippen LogP contribution in [0.1, 0.15) is 32.6 Å². The van der Waals surface area contributed by atoms with E-state index in [1.807, 2.05) is 0 Å². The van der Waals surface area contributed by atoms with Crippen LogP contribution in [0.15, 0.2) is 29.2 Å². The number of hydrogen-bond donors (Lipinski definition) is 1. The summed E-state index contributed by atoms with van der Waals surface area (Å²) in [6.07, 6.45) is 3.70. The van der Waals surface area contributed by atoms with E-state index >= 15 is 0 Å². The van der Waals surface area contributed by atoms with E-state index in [9.17, 15) is 8.42 Å². The van der Waals surface area contributed by atoms with Crippen LogP contribution in [0, 0.1) is 5.92 Å². The molecule has 4 heteroatoms. The fourth-order valence-electron chi connectivity index (χ4n) is 2.54. The number of nitrogen functional groups attached to an aromatic ring is 1. The quantitative estimate of drug-likeness (QED) is 0.824. The van der Waals surface area contributed by atoms with Gasteiger partial charge in [0.25, 0.3) is 0 Å². The highest BCUT2D eigenvalue weighted by molar-refractivity contribution is 7.92. The molecule has 0 bridgehead atoms. The molecule has 2 N–H and O–H groups in total. The van der Waals surface area contributed by atoms with Crippen LogP contribution in [-0.4, -0.2) is 13.7 Å². The van der Waals surface area contributed by atoms with Crippen molar-refractivity contribution in [3.8, 4) is 0 Å². The highest BCUT2D eigenvalue weighted by Crippen LogP contribution is 2.32. The Morgan fingerprint density at radius 2 is 2.06 bits per heavy atom. The van der Waals surface area contributed by atoms with E-state index in [-0.39, 0.29) is 5.25 Å². The molecule has 1 aromatic carbocycles. The summed E-state index contributed by atoms with van der Waals surface area (Å²) in [5.41, 5.74) is 6.16. The summed E-state index contributed by atoms with van der Waals surface area (Å²) in [5, 5.41) is -0.229. The van der Waals surface area contributed by atoms with Gasteiger partial charge >= 0.3 is 0 Å². The third kappa shape index (κ3) is 2.63. The average molecular weight is 253 g/mol. The van der Waals surface area contributed by atoms with E-state index in [2.05, 4.69) is 6.92 Å². The molecular weight excluding hydrogens is 234 g/mol. The number of nitrogens with two attached hydrogens (primary N) is 1. The maximum Gasteiger partial charge on any atom is 0.181 e. The zero-order valence-electron chi connectivity index (χ0n) is 10.1. The molecule has 0 heterocycles. The van der Waals surface area contributed by atoms with Gasteiger partial charge in [0.15, 0.2) is 9.84 Å². The second kappa shape index (κ2) is 4.69. The maximum atomic E-state index is 12.4. The Labute approximate surface area is 103 Å². The van der Waals surface area contributed by atoms with Crippen LogP contribution < -0.4 is 5.73 Å². The molecule has 0 radical (unpaired) electrons. The van der Waals surface area contributed by atoms with E-state index in [0.717, 1.165) is 25.7 Å². The number of sulfone groups is 1. The smallest absolute Gasteiger partial charge is 0.181 e. The summed E-state index contributed by atoms with van der Waals surface area (Å²) in [4.78, 5) is 0.372. The van der Waals surface area contributed by atoms with Crippen molar-refractivity contribution in [3.05, 3.63) is 24.3 Å². The van der Waals surface area contributed by atoms with Gasteiger partial charge in [-0.2, -0.15) is 0 Å². The van der Waals surface area contributed by atoms with Crippen molar-refractivity contribution in [2.45, 2.75) is 42.8 Å². The average Bonchev–Trinajstić information content (AvgIpc) is 2.29. The molecule has 1 aliphatic rings. The lowest BCUT2D eigenvalue weighted by Crippen LogP contribution is -2.27. The first-order chi connectivity index (χ1) is 8.00. The normalized spacial score (nSPS) is 25.7. The summed E-state index contributed by atoms with van der Waals surface area (Å²) in [6, 6.07) is 6.62. The summed E-state index contributed by atoms with van der Waals surface area (Å²) in [7, 11) is -3.20. The lowest BCUT2D eigenvalue weighted by molar-refractivity contribution is 0.382. The van der Waals surface area contributed by atoms with Gasteiger partial charge in [0.2, 0.25) is 0 Å². The first-order valence-electron chi connectivity index (χ1n) is 6.09. The van der Waals surface area contributed by atoms with Crippen LogP contribution in [0.4, 0.5) is 5.69 Å². The third-order valence-electron chi connectivity index (χ3n) is 3.51. The van der Waals surface area contributed by atoms with Crippen molar-refractivity contribution in [1.29, 1.82) is 0 Å². The molecule has 0 aromatic heterocycles. The number of benzene rings is 1. The van der Waals surface area contributed by atoms with E-state index in [1.54, 1.807) is 24.3 Å². The lowest BCUT2D eigenvalue weighted by atomic mass is 9.91. The summed E-state index contributed by atoms with van der Waals surface area (Å²) < 4.78 is 24.9. The Balaban J connectivity index is 2.29. The number of rotatable bonds is 2. The fourth-order valence-corrected chi connectivity index (χ4v) is 4.56. The first-order valence-corrected chi connectivity index (χ1v) is 7.64. The molecule has 0 amide bonds. The predicted molar refractivity (Wildman–Crippen MR) is 69.5 cm³/mol. The van der Waals surface area contributed by atoms with E-state index in [4.69, 9.17) is 5.73 Å². The Kier molecular flexibility index (Phi) is 3.43. The Bertz CT molecular complexity index is 496. The Morgan fingerprint density at radius 1 is 1.29 bits per heavy atom. The van der Waals surface area contributed by atoms with Crippen LogP contribution in [-0.2, 0) is 9.84 Å². The molecule has 17 heavy (non-hydrogen) atoms. The first kappa shape index (κ1) is 12.4. The second-order valence-corrected chi connectivity index (χ2v) is 7.24. The molecule has 1 saturated carbocycles. The van der Waals surface area contributed by atoms with Gasteiger partial charge < -0.3 is 5.73 Å². The van der Waals surface area contributed by atoms with Gasteiger partial charge in [-0.05, 0) is 37.0 Å². The van der Waals surface area contributed by atoms with E-state index < -0.39 is 9.84 Å². The van der Waals surface area contributed by atoms with Gasteiger partial charge in [0.05, 0.1) is 10.1 Å². The molecule has 3 nitrogen and oxygen atoms in total. The van der Waals surface area contributed by atoms with Crippen molar-refractivity contribution in [1.82, 2.24) is 0 Å². The molecule has 0 aliphatic heterocycles. The molecule has 1 fully saturated rings. The maximum absolute atomic E-state index is 12.4. The summed E-state index contributed by atoms with van der Waals surface area (Å²) in [5.74, 6) is 0.504. The zero-order valence-corrected chi connectivity index (χ0v) is 10.9. The van der Waals surface area contributed by atoms with Gasteiger partial charge in [-0.25, -0.2) is 8.42 Å². The largest absolute Gasteiger partial charge is 0.399 e. The van der Waals surface area contributed by atoms with Crippen molar-refractivity contribution in [2.75, 3.05) is 5.73 Å². The highest BCUT2D eigenvalue weighted by atomic mass is 32.2. The Morgan fingerprint density at radius 3 is 2.71 bits per heavy atom.